The second-order valence-electron chi connectivity index (χ2n) is 6.82. The standard InChI is InChI=1S/C21H19N3O4/c25-18-5-2-12-23(18)16-8-6-15(7-9-16)22-21(28)14-3-1-4-17(13-14)24-19(26)10-11-20(24)27/h1,3-4,6-9,13H,2,5,10-12H2,(H,22,28). The topological polar surface area (TPSA) is 86.8 Å². The Morgan fingerprint density at radius 1 is 0.821 bits per heavy atom. The number of imide groups is 1. The largest absolute Gasteiger partial charge is 0.322 e. The molecule has 7 heteroatoms. The fourth-order valence-electron chi connectivity index (χ4n) is 3.50. The lowest BCUT2D eigenvalue weighted by Gasteiger charge is -2.16. The quantitative estimate of drug-likeness (QED) is 0.830. The molecule has 0 spiro atoms. The van der Waals surface area contributed by atoms with Crippen LogP contribution in [0.5, 0.6) is 0 Å². The molecule has 2 fully saturated rings. The minimum atomic E-state index is -0.342. The molecule has 2 aromatic carbocycles. The van der Waals surface area contributed by atoms with Gasteiger partial charge in [-0.1, -0.05) is 6.07 Å². The van der Waals surface area contributed by atoms with Crippen molar-refractivity contribution in [2.24, 2.45) is 0 Å². The van der Waals surface area contributed by atoms with Gasteiger partial charge in [-0.05, 0) is 48.9 Å². The van der Waals surface area contributed by atoms with Crippen LogP contribution in [0.4, 0.5) is 17.1 Å². The summed E-state index contributed by atoms with van der Waals surface area (Å²) in [5.74, 6) is -0.741. The van der Waals surface area contributed by atoms with Crippen LogP contribution in [0.2, 0.25) is 0 Å². The highest BCUT2D eigenvalue weighted by molar-refractivity contribution is 6.20. The van der Waals surface area contributed by atoms with Crippen molar-refractivity contribution in [1.82, 2.24) is 0 Å². The van der Waals surface area contributed by atoms with Crippen molar-refractivity contribution in [3.63, 3.8) is 0 Å². The summed E-state index contributed by atoms with van der Waals surface area (Å²) in [6.07, 6.45) is 1.81. The van der Waals surface area contributed by atoms with E-state index in [1.165, 1.54) is 6.07 Å². The summed E-state index contributed by atoms with van der Waals surface area (Å²) in [5.41, 5.74) is 2.17. The molecule has 2 saturated heterocycles. The lowest BCUT2D eigenvalue weighted by atomic mass is 10.1. The second-order valence-corrected chi connectivity index (χ2v) is 6.82. The van der Waals surface area contributed by atoms with E-state index in [0.717, 1.165) is 17.0 Å². The van der Waals surface area contributed by atoms with Crippen molar-refractivity contribution in [1.29, 1.82) is 0 Å². The van der Waals surface area contributed by atoms with E-state index in [1.807, 2.05) is 0 Å². The van der Waals surface area contributed by atoms with Crippen LogP contribution in [0.15, 0.2) is 48.5 Å². The zero-order valence-corrected chi connectivity index (χ0v) is 15.2. The van der Waals surface area contributed by atoms with Gasteiger partial charge >= 0.3 is 0 Å². The molecule has 0 atom stereocenters. The van der Waals surface area contributed by atoms with E-state index in [9.17, 15) is 19.2 Å². The number of hydrogen-bond acceptors (Lipinski definition) is 4. The predicted molar refractivity (Wildman–Crippen MR) is 104 cm³/mol. The number of amides is 4. The Labute approximate surface area is 161 Å². The molecule has 142 valence electrons. The average Bonchev–Trinajstić information content (AvgIpc) is 3.27. The number of hydrogen-bond donors (Lipinski definition) is 1. The first-order chi connectivity index (χ1) is 13.5. The van der Waals surface area contributed by atoms with Gasteiger partial charge in [-0.25, -0.2) is 0 Å². The fourth-order valence-corrected chi connectivity index (χ4v) is 3.50. The Morgan fingerprint density at radius 3 is 2.18 bits per heavy atom. The van der Waals surface area contributed by atoms with E-state index in [2.05, 4.69) is 5.32 Å². The highest BCUT2D eigenvalue weighted by Crippen LogP contribution is 2.25. The molecule has 2 aromatic rings. The molecule has 0 aliphatic carbocycles. The van der Waals surface area contributed by atoms with Crippen LogP contribution in [0.25, 0.3) is 0 Å². The van der Waals surface area contributed by atoms with Crippen molar-refractivity contribution in [2.75, 3.05) is 21.7 Å². The normalized spacial score (nSPS) is 16.8. The van der Waals surface area contributed by atoms with Crippen molar-refractivity contribution in [2.45, 2.75) is 25.7 Å². The van der Waals surface area contributed by atoms with Crippen LogP contribution >= 0.6 is 0 Å². The van der Waals surface area contributed by atoms with Crippen LogP contribution in [0.3, 0.4) is 0 Å². The lowest BCUT2D eigenvalue weighted by Crippen LogP contribution is -2.28. The summed E-state index contributed by atoms with van der Waals surface area (Å²) >= 11 is 0. The molecule has 2 aliphatic heterocycles. The lowest BCUT2D eigenvalue weighted by molar-refractivity contribution is -0.121. The van der Waals surface area contributed by atoms with E-state index in [-0.39, 0.29) is 36.5 Å². The Morgan fingerprint density at radius 2 is 1.54 bits per heavy atom. The Balaban J connectivity index is 1.48. The van der Waals surface area contributed by atoms with Crippen LogP contribution < -0.4 is 15.1 Å². The third-order valence-electron chi connectivity index (χ3n) is 4.93. The molecule has 4 amide bonds. The molecule has 0 aromatic heterocycles. The number of nitrogens with one attached hydrogen (secondary N) is 1. The maximum atomic E-state index is 12.6. The van der Waals surface area contributed by atoms with Gasteiger partial charge in [-0.2, -0.15) is 0 Å². The van der Waals surface area contributed by atoms with Crippen molar-refractivity contribution < 1.29 is 19.2 Å². The van der Waals surface area contributed by atoms with Gasteiger partial charge < -0.3 is 10.2 Å². The first kappa shape index (κ1) is 17.9. The van der Waals surface area contributed by atoms with Gasteiger partial charge in [0.1, 0.15) is 0 Å². The second kappa shape index (κ2) is 7.26. The summed E-state index contributed by atoms with van der Waals surface area (Å²) in [5, 5.41) is 2.80. The molecule has 4 rings (SSSR count). The van der Waals surface area contributed by atoms with E-state index in [1.54, 1.807) is 47.4 Å². The third-order valence-corrected chi connectivity index (χ3v) is 4.93. The molecule has 2 heterocycles. The van der Waals surface area contributed by atoms with Crippen LogP contribution in [-0.4, -0.2) is 30.2 Å². The highest BCUT2D eigenvalue weighted by atomic mass is 16.2. The molecule has 2 aliphatic rings. The zero-order valence-electron chi connectivity index (χ0n) is 15.2. The van der Waals surface area contributed by atoms with Gasteiger partial charge in [0.15, 0.2) is 0 Å². The Bertz CT molecular complexity index is 952. The van der Waals surface area contributed by atoms with E-state index in [0.29, 0.717) is 29.9 Å². The zero-order chi connectivity index (χ0) is 19.7. The van der Waals surface area contributed by atoms with Gasteiger partial charge in [0, 0.05) is 42.7 Å². The average molecular weight is 377 g/mol. The van der Waals surface area contributed by atoms with Crippen LogP contribution in [0.1, 0.15) is 36.0 Å². The first-order valence-electron chi connectivity index (χ1n) is 9.20. The molecule has 0 bridgehead atoms. The third kappa shape index (κ3) is 3.38. The minimum absolute atomic E-state index is 0.111. The molecule has 0 unspecified atom stereocenters. The maximum Gasteiger partial charge on any atom is 0.255 e. The Kier molecular flexibility index (Phi) is 4.65. The predicted octanol–water partition coefficient (Wildman–Crippen LogP) is 2.72. The van der Waals surface area contributed by atoms with Crippen LogP contribution in [0, 0.1) is 0 Å². The molecule has 0 radical (unpaired) electrons. The van der Waals surface area contributed by atoms with Gasteiger partial charge in [-0.15, -0.1) is 0 Å². The summed E-state index contributed by atoms with van der Waals surface area (Å²) in [4.78, 5) is 51.0. The summed E-state index contributed by atoms with van der Waals surface area (Å²) < 4.78 is 0. The molecule has 7 nitrogen and oxygen atoms in total. The van der Waals surface area contributed by atoms with Gasteiger partial charge in [0.2, 0.25) is 17.7 Å². The molecular formula is C21H19N3O4. The van der Waals surface area contributed by atoms with Gasteiger partial charge in [-0.3, -0.25) is 24.1 Å². The van der Waals surface area contributed by atoms with Gasteiger partial charge in [0.25, 0.3) is 5.91 Å². The smallest absolute Gasteiger partial charge is 0.255 e. The fraction of sp³-hybridized carbons (Fsp3) is 0.238. The van der Waals surface area contributed by atoms with Crippen molar-refractivity contribution in [3.8, 4) is 0 Å². The monoisotopic (exact) mass is 377 g/mol. The SMILES string of the molecule is O=C(Nc1ccc(N2CCCC2=O)cc1)c1cccc(N2C(=O)CCC2=O)c1. The summed E-state index contributed by atoms with van der Waals surface area (Å²) in [6.45, 7) is 0.714. The van der Waals surface area contributed by atoms with E-state index in [4.69, 9.17) is 0 Å². The number of rotatable bonds is 4. The summed E-state index contributed by atoms with van der Waals surface area (Å²) in [6, 6.07) is 13.5. The van der Waals surface area contributed by atoms with Crippen molar-refractivity contribution in [3.05, 3.63) is 54.1 Å². The number of carbonyl (C=O) groups is 4. The number of benzene rings is 2. The number of carbonyl (C=O) groups excluding carboxylic acids is 4. The molecule has 1 N–H and O–H groups in total. The van der Waals surface area contributed by atoms with Crippen molar-refractivity contribution >= 4 is 40.7 Å². The number of nitrogens with zero attached hydrogens (tertiary/aromatic N) is 2. The number of anilines is 3. The van der Waals surface area contributed by atoms with Gasteiger partial charge in [0.05, 0.1) is 5.69 Å². The van der Waals surface area contributed by atoms with E-state index >= 15 is 0 Å². The maximum absolute atomic E-state index is 12.6. The minimum Gasteiger partial charge on any atom is -0.322 e. The first-order valence-corrected chi connectivity index (χ1v) is 9.20. The summed E-state index contributed by atoms with van der Waals surface area (Å²) in [7, 11) is 0. The van der Waals surface area contributed by atoms with E-state index < -0.39 is 0 Å². The Hall–Kier alpha value is -3.48. The molecule has 28 heavy (non-hydrogen) atoms. The molecular weight excluding hydrogens is 358 g/mol. The highest BCUT2D eigenvalue weighted by Gasteiger charge is 2.30. The molecule has 0 saturated carbocycles. The van der Waals surface area contributed by atoms with Crippen LogP contribution in [-0.2, 0) is 14.4 Å².